The highest BCUT2D eigenvalue weighted by Gasteiger charge is 2.33. The van der Waals surface area contributed by atoms with Crippen LogP contribution in [0, 0.1) is 5.41 Å². The number of hydrogen-bond donors (Lipinski definition) is 1. The van der Waals surface area contributed by atoms with Crippen LogP contribution >= 0.6 is 23.4 Å². The number of amides is 2. The van der Waals surface area contributed by atoms with Crippen molar-refractivity contribution in [2.45, 2.75) is 58.5 Å². The van der Waals surface area contributed by atoms with Crippen LogP contribution in [0.15, 0.2) is 48.5 Å². The molecule has 1 fully saturated rings. The SMILES string of the molecule is CC(C)(C)CC(C)(C)NC(=O)c1ccc([C@H]2SCC(=O)N2Cc2ccc(Cl)cc2)cc1. The van der Waals surface area contributed by atoms with Crippen LogP contribution in [0.3, 0.4) is 0 Å². The fourth-order valence-corrected chi connectivity index (χ4v) is 5.55. The van der Waals surface area contributed by atoms with Crippen LogP contribution in [0.1, 0.15) is 67.9 Å². The Morgan fingerprint density at radius 2 is 1.68 bits per heavy atom. The van der Waals surface area contributed by atoms with Crippen molar-refractivity contribution in [3.8, 4) is 0 Å². The summed E-state index contributed by atoms with van der Waals surface area (Å²) in [5.74, 6) is 0.506. The molecule has 0 unspecified atom stereocenters. The molecule has 1 atom stereocenters. The third kappa shape index (κ3) is 6.50. The molecule has 1 N–H and O–H groups in total. The van der Waals surface area contributed by atoms with Crippen molar-refractivity contribution in [2.75, 3.05) is 5.75 Å². The zero-order chi connectivity index (χ0) is 22.8. The van der Waals surface area contributed by atoms with E-state index in [-0.39, 0.29) is 28.1 Å². The van der Waals surface area contributed by atoms with Gasteiger partial charge in [-0.25, -0.2) is 0 Å². The summed E-state index contributed by atoms with van der Waals surface area (Å²) >= 11 is 7.59. The number of thioether (sulfide) groups is 1. The Morgan fingerprint density at radius 1 is 1.06 bits per heavy atom. The van der Waals surface area contributed by atoms with E-state index in [0.29, 0.717) is 22.9 Å². The number of carbonyl (C=O) groups excluding carboxylic acids is 2. The van der Waals surface area contributed by atoms with E-state index in [4.69, 9.17) is 11.6 Å². The summed E-state index contributed by atoms with van der Waals surface area (Å²) in [4.78, 5) is 27.1. The molecular formula is C25H31ClN2O2S. The zero-order valence-electron chi connectivity index (χ0n) is 18.9. The third-order valence-corrected chi connectivity index (χ3v) is 6.62. The van der Waals surface area contributed by atoms with Crippen LogP contribution in [0.5, 0.6) is 0 Å². The smallest absolute Gasteiger partial charge is 0.251 e. The number of carbonyl (C=O) groups is 2. The second-order valence-electron chi connectivity index (χ2n) is 10.0. The first-order valence-electron chi connectivity index (χ1n) is 10.5. The molecule has 4 nitrogen and oxygen atoms in total. The number of nitrogens with one attached hydrogen (secondary N) is 1. The summed E-state index contributed by atoms with van der Waals surface area (Å²) in [5, 5.41) is 3.78. The summed E-state index contributed by atoms with van der Waals surface area (Å²) < 4.78 is 0. The van der Waals surface area contributed by atoms with Gasteiger partial charge in [-0.3, -0.25) is 9.59 Å². The molecule has 1 saturated heterocycles. The highest BCUT2D eigenvalue weighted by molar-refractivity contribution is 8.00. The average molecular weight is 459 g/mol. The van der Waals surface area contributed by atoms with Crippen LogP contribution in [-0.4, -0.2) is 28.0 Å². The van der Waals surface area contributed by atoms with Gasteiger partial charge in [0.05, 0.1) is 5.75 Å². The summed E-state index contributed by atoms with van der Waals surface area (Å²) in [6.45, 7) is 11.2. The van der Waals surface area contributed by atoms with Crippen molar-refractivity contribution in [3.05, 3.63) is 70.2 Å². The molecule has 0 aliphatic carbocycles. The van der Waals surface area contributed by atoms with Gasteiger partial charge in [0.1, 0.15) is 5.37 Å². The van der Waals surface area contributed by atoms with Gasteiger partial charge in [-0.15, -0.1) is 11.8 Å². The van der Waals surface area contributed by atoms with Gasteiger partial charge in [-0.2, -0.15) is 0 Å². The minimum Gasteiger partial charge on any atom is -0.347 e. The highest BCUT2D eigenvalue weighted by Crippen LogP contribution is 2.39. The molecule has 2 aromatic rings. The van der Waals surface area contributed by atoms with Crippen molar-refractivity contribution < 1.29 is 9.59 Å². The fraction of sp³-hybridized carbons (Fsp3) is 0.440. The fourth-order valence-electron chi connectivity index (χ4n) is 4.24. The number of halogens is 1. The van der Waals surface area contributed by atoms with Crippen LogP contribution in [-0.2, 0) is 11.3 Å². The maximum Gasteiger partial charge on any atom is 0.251 e. The molecule has 2 amide bonds. The normalized spacial score (nSPS) is 17.2. The Morgan fingerprint density at radius 3 is 2.26 bits per heavy atom. The molecule has 3 rings (SSSR count). The van der Waals surface area contributed by atoms with Gasteiger partial charge in [0.15, 0.2) is 0 Å². The molecule has 0 saturated carbocycles. The molecule has 6 heteroatoms. The van der Waals surface area contributed by atoms with Crippen molar-refractivity contribution in [2.24, 2.45) is 5.41 Å². The van der Waals surface area contributed by atoms with E-state index in [9.17, 15) is 9.59 Å². The van der Waals surface area contributed by atoms with Crippen LogP contribution < -0.4 is 5.32 Å². The van der Waals surface area contributed by atoms with E-state index in [1.165, 1.54) is 0 Å². The number of rotatable bonds is 6. The van der Waals surface area contributed by atoms with E-state index in [2.05, 4.69) is 39.9 Å². The van der Waals surface area contributed by atoms with Crippen LogP contribution in [0.2, 0.25) is 5.02 Å². The lowest BCUT2D eigenvalue weighted by atomic mass is 9.81. The maximum absolute atomic E-state index is 12.8. The first-order valence-corrected chi connectivity index (χ1v) is 11.9. The standard InChI is InChI=1S/C25H31ClN2O2S/c1-24(2,3)16-25(4,5)27-22(30)18-8-10-19(11-9-18)23-28(21(29)15-31-23)14-17-6-12-20(26)13-7-17/h6-13,23H,14-16H2,1-5H3,(H,27,30)/t23-/m1/s1. The Labute approximate surface area is 194 Å². The predicted octanol–water partition coefficient (Wildman–Crippen LogP) is 6.06. The molecule has 0 radical (unpaired) electrons. The Kier molecular flexibility index (Phi) is 7.07. The lowest BCUT2D eigenvalue weighted by molar-refractivity contribution is -0.128. The van der Waals surface area contributed by atoms with Crippen molar-refractivity contribution in [3.63, 3.8) is 0 Å². The van der Waals surface area contributed by atoms with E-state index >= 15 is 0 Å². The van der Waals surface area contributed by atoms with Crippen molar-refractivity contribution in [1.29, 1.82) is 0 Å². The molecule has 31 heavy (non-hydrogen) atoms. The highest BCUT2D eigenvalue weighted by atomic mass is 35.5. The largest absolute Gasteiger partial charge is 0.347 e. The number of hydrogen-bond acceptors (Lipinski definition) is 3. The summed E-state index contributed by atoms with van der Waals surface area (Å²) in [5.41, 5.74) is 2.53. The van der Waals surface area contributed by atoms with Gasteiger partial charge in [0.25, 0.3) is 5.91 Å². The van der Waals surface area contributed by atoms with Gasteiger partial charge < -0.3 is 10.2 Å². The predicted molar refractivity (Wildman–Crippen MR) is 129 cm³/mol. The first kappa shape index (κ1) is 23.7. The lowest BCUT2D eigenvalue weighted by Gasteiger charge is -2.33. The van der Waals surface area contributed by atoms with Crippen molar-refractivity contribution in [1.82, 2.24) is 10.2 Å². The summed E-state index contributed by atoms with van der Waals surface area (Å²) in [7, 11) is 0. The second-order valence-corrected chi connectivity index (χ2v) is 11.5. The molecule has 0 bridgehead atoms. The van der Waals surface area contributed by atoms with E-state index < -0.39 is 0 Å². The van der Waals surface area contributed by atoms with Gasteiger partial charge in [0.2, 0.25) is 5.91 Å². The molecule has 1 aliphatic heterocycles. The van der Waals surface area contributed by atoms with Crippen LogP contribution in [0.25, 0.3) is 0 Å². The van der Waals surface area contributed by atoms with E-state index in [1.54, 1.807) is 11.8 Å². The second kappa shape index (κ2) is 9.25. The molecule has 1 aliphatic rings. The van der Waals surface area contributed by atoms with E-state index in [1.807, 2.05) is 53.4 Å². The van der Waals surface area contributed by atoms with Gasteiger partial charge in [-0.1, -0.05) is 56.6 Å². The van der Waals surface area contributed by atoms with Gasteiger partial charge in [0, 0.05) is 22.7 Å². The van der Waals surface area contributed by atoms with Crippen LogP contribution in [0.4, 0.5) is 0 Å². The summed E-state index contributed by atoms with van der Waals surface area (Å²) in [6, 6.07) is 15.2. The Balaban J connectivity index is 1.70. The molecule has 2 aromatic carbocycles. The number of nitrogens with zero attached hydrogens (tertiary/aromatic N) is 1. The van der Waals surface area contributed by atoms with Gasteiger partial charge in [-0.05, 0) is 61.1 Å². The maximum atomic E-state index is 12.8. The molecule has 166 valence electrons. The summed E-state index contributed by atoms with van der Waals surface area (Å²) in [6.07, 6.45) is 0.879. The molecular weight excluding hydrogens is 428 g/mol. The quantitative estimate of drug-likeness (QED) is 0.572. The molecule has 0 aromatic heterocycles. The molecule has 1 heterocycles. The Hall–Kier alpha value is -1.98. The average Bonchev–Trinajstić information content (AvgIpc) is 3.02. The monoisotopic (exact) mass is 458 g/mol. The number of benzene rings is 2. The van der Waals surface area contributed by atoms with Gasteiger partial charge >= 0.3 is 0 Å². The third-order valence-electron chi connectivity index (χ3n) is 5.12. The van der Waals surface area contributed by atoms with Crippen molar-refractivity contribution >= 4 is 35.2 Å². The minimum absolute atomic E-state index is 0.0578. The topological polar surface area (TPSA) is 49.4 Å². The molecule has 0 spiro atoms. The minimum atomic E-state index is -0.295. The van der Waals surface area contributed by atoms with E-state index in [0.717, 1.165) is 17.5 Å². The zero-order valence-corrected chi connectivity index (χ0v) is 20.4. The lowest BCUT2D eigenvalue weighted by Crippen LogP contribution is -2.45. The first-order chi connectivity index (χ1) is 14.4. The Bertz CT molecular complexity index is 933.